The Kier molecular flexibility index (Phi) is 4.75. The fraction of sp³-hybridized carbons (Fsp3) is 0.200. The van der Waals surface area contributed by atoms with Crippen molar-refractivity contribution < 1.29 is 4.79 Å². The van der Waals surface area contributed by atoms with Crippen LogP contribution in [-0.2, 0) is 17.8 Å². The van der Waals surface area contributed by atoms with E-state index in [1.54, 1.807) is 6.20 Å². The van der Waals surface area contributed by atoms with Crippen molar-refractivity contribution in [1.82, 2.24) is 9.88 Å². The first-order chi connectivity index (χ1) is 11.6. The lowest BCUT2D eigenvalue weighted by atomic mass is 10.1. The molecule has 0 spiro atoms. The van der Waals surface area contributed by atoms with Crippen LogP contribution in [0.3, 0.4) is 0 Å². The third kappa shape index (κ3) is 3.71. The number of carbonyl (C=O) groups is 1. The smallest absolute Gasteiger partial charge is 0.239 e. The van der Waals surface area contributed by atoms with Gasteiger partial charge in [0.05, 0.1) is 5.52 Å². The molecule has 1 amide bonds. The highest BCUT2D eigenvalue weighted by molar-refractivity contribution is 5.82. The lowest BCUT2D eigenvalue weighted by Crippen LogP contribution is -2.29. The Labute approximate surface area is 140 Å². The summed E-state index contributed by atoms with van der Waals surface area (Å²) in [5.74, 6) is -0.0588. The van der Waals surface area contributed by atoms with Crippen LogP contribution in [0.1, 0.15) is 11.1 Å². The number of pyridine rings is 1. The predicted molar refractivity (Wildman–Crippen MR) is 96.1 cm³/mol. The minimum Gasteiger partial charge on any atom is -0.354 e. The minimum absolute atomic E-state index is 0.0190. The van der Waals surface area contributed by atoms with Gasteiger partial charge < -0.3 is 9.88 Å². The average Bonchev–Trinajstić information content (AvgIpc) is 2.58. The van der Waals surface area contributed by atoms with E-state index in [-0.39, 0.29) is 17.9 Å². The monoisotopic (exact) mass is 320 g/mol. The molecule has 0 aliphatic rings. The van der Waals surface area contributed by atoms with Gasteiger partial charge in [-0.2, -0.15) is 0 Å². The number of nitrogens with one attached hydrogen (secondary N) is 1. The number of aryl methyl sites for hydroxylation is 1. The summed E-state index contributed by atoms with van der Waals surface area (Å²) in [5.41, 5.74) is 2.99. The van der Waals surface area contributed by atoms with Gasteiger partial charge in [-0.25, -0.2) is 0 Å². The zero-order chi connectivity index (χ0) is 16.9. The van der Waals surface area contributed by atoms with Crippen molar-refractivity contribution in [3.05, 3.63) is 82.1 Å². The Balaban J connectivity index is 1.67. The Morgan fingerprint density at radius 1 is 1.08 bits per heavy atom. The van der Waals surface area contributed by atoms with Gasteiger partial charge >= 0.3 is 0 Å². The average molecular weight is 320 g/mol. The Morgan fingerprint density at radius 3 is 2.67 bits per heavy atom. The molecule has 0 bridgehead atoms. The standard InChI is InChI=1S/C20H20N2O2/c1-15-7-8-18-17(13-15)19(23)10-12-22(18)14-20(24)21-11-9-16-5-3-2-4-6-16/h2-8,10,12-13H,9,11,14H2,1H3,(H,21,24). The maximum absolute atomic E-state index is 12.2. The number of carbonyl (C=O) groups excluding carboxylic acids is 1. The van der Waals surface area contributed by atoms with Crippen LogP contribution in [0.5, 0.6) is 0 Å². The molecule has 4 nitrogen and oxygen atoms in total. The van der Waals surface area contributed by atoms with Crippen LogP contribution in [0.15, 0.2) is 65.6 Å². The maximum atomic E-state index is 12.2. The number of benzene rings is 2. The highest BCUT2D eigenvalue weighted by Gasteiger charge is 2.07. The molecule has 0 aliphatic carbocycles. The summed E-state index contributed by atoms with van der Waals surface area (Å²) in [5, 5.41) is 3.58. The van der Waals surface area contributed by atoms with Crippen LogP contribution >= 0.6 is 0 Å². The molecule has 3 aromatic rings. The van der Waals surface area contributed by atoms with Crippen LogP contribution in [0.25, 0.3) is 10.9 Å². The van der Waals surface area contributed by atoms with Crippen molar-refractivity contribution in [2.24, 2.45) is 0 Å². The van der Waals surface area contributed by atoms with Gasteiger partial charge in [-0.3, -0.25) is 9.59 Å². The zero-order valence-electron chi connectivity index (χ0n) is 13.7. The van der Waals surface area contributed by atoms with Gasteiger partial charge in [-0.05, 0) is 31.0 Å². The molecule has 24 heavy (non-hydrogen) atoms. The second-order valence-corrected chi connectivity index (χ2v) is 5.91. The molecular formula is C20H20N2O2. The molecule has 0 saturated heterocycles. The summed E-state index contributed by atoms with van der Waals surface area (Å²) in [7, 11) is 0. The van der Waals surface area contributed by atoms with Crippen molar-refractivity contribution in [3.63, 3.8) is 0 Å². The van der Waals surface area contributed by atoms with Crippen LogP contribution < -0.4 is 10.7 Å². The highest BCUT2D eigenvalue weighted by atomic mass is 16.2. The van der Waals surface area contributed by atoms with Crippen molar-refractivity contribution in [1.29, 1.82) is 0 Å². The quantitative estimate of drug-likeness (QED) is 0.786. The number of rotatable bonds is 5. The lowest BCUT2D eigenvalue weighted by Gasteiger charge is -2.11. The first kappa shape index (κ1) is 16.0. The minimum atomic E-state index is -0.0588. The number of aromatic nitrogens is 1. The Hall–Kier alpha value is -2.88. The number of hydrogen-bond donors (Lipinski definition) is 1. The van der Waals surface area contributed by atoms with Gasteiger partial charge in [0.25, 0.3) is 0 Å². The molecule has 0 fully saturated rings. The normalized spacial score (nSPS) is 10.7. The number of fused-ring (bicyclic) bond motifs is 1. The Morgan fingerprint density at radius 2 is 1.88 bits per heavy atom. The summed E-state index contributed by atoms with van der Waals surface area (Å²) >= 11 is 0. The van der Waals surface area contributed by atoms with Gasteiger partial charge in [0, 0.05) is 24.2 Å². The molecular weight excluding hydrogens is 300 g/mol. The molecule has 0 radical (unpaired) electrons. The van der Waals surface area contributed by atoms with Gasteiger partial charge in [0.2, 0.25) is 5.91 Å². The molecule has 0 unspecified atom stereocenters. The van der Waals surface area contributed by atoms with Crippen molar-refractivity contribution in [2.45, 2.75) is 19.9 Å². The van der Waals surface area contributed by atoms with E-state index in [0.29, 0.717) is 11.9 Å². The molecule has 2 aromatic carbocycles. The van der Waals surface area contributed by atoms with E-state index in [4.69, 9.17) is 0 Å². The van der Waals surface area contributed by atoms with E-state index in [9.17, 15) is 9.59 Å². The molecule has 4 heteroatoms. The van der Waals surface area contributed by atoms with Gasteiger partial charge in [0.15, 0.2) is 5.43 Å². The maximum Gasteiger partial charge on any atom is 0.239 e. The first-order valence-electron chi connectivity index (χ1n) is 8.04. The molecule has 0 saturated carbocycles. The van der Waals surface area contributed by atoms with Crippen molar-refractivity contribution in [3.8, 4) is 0 Å². The summed E-state index contributed by atoms with van der Waals surface area (Å²) in [6, 6.07) is 17.3. The van der Waals surface area contributed by atoms with Crippen LogP contribution in [0.4, 0.5) is 0 Å². The fourth-order valence-electron chi connectivity index (χ4n) is 2.76. The van der Waals surface area contributed by atoms with Gasteiger partial charge in [0.1, 0.15) is 6.54 Å². The Bertz CT molecular complexity index is 914. The third-order valence-corrected chi connectivity index (χ3v) is 4.03. The van der Waals surface area contributed by atoms with E-state index < -0.39 is 0 Å². The van der Waals surface area contributed by atoms with Crippen LogP contribution in [0, 0.1) is 6.92 Å². The molecule has 122 valence electrons. The summed E-state index contributed by atoms with van der Waals surface area (Å²) in [4.78, 5) is 24.2. The van der Waals surface area contributed by atoms with E-state index in [1.807, 2.05) is 60.0 Å². The van der Waals surface area contributed by atoms with Gasteiger partial charge in [-0.1, -0.05) is 42.0 Å². The zero-order valence-corrected chi connectivity index (χ0v) is 13.7. The molecule has 3 rings (SSSR count). The van der Waals surface area contributed by atoms with Crippen LogP contribution in [0.2, 0.25) is 0 Å². The lowest BCUT2D eigenvalue weighted by molar-refractivity contribution is -0.121. The van der Waals surface area contributed by atoms with Crippen molar-refractivity contribution >= 4 is 16.8 Å². The molecule has 0 aliphatic heterocycles. The number of nitrogens with zero attached hydrogens (tertiary/aromatic N) is 1. The van der Waals surface area contributed by atoms with E-state index in [2.05, 4.69) is 5.32 Å². The molecule has 1 N–H and O–H groups in total. The first-order valence-corrected chi connectivity index (χ1v) is 8.04. The highest BCUT2D eigenvalue weighted by Crippen LogP contribution is 2.12. The number of hydrogen-bond acceptors (Lipinski definition) is 2. The van der Waals surface area contributed by atoms with E-state index in [0.717, 1.165) is 17.5 Å². The summed E-state index contributed by atoms with van der Waals surface area (Å²) in [6.07, 6.45) is 2.48. The summed E-state index contributed by atoms with van der Waals surface area (Å²) < 4.78 is 1.81. The second kappa shape index (κ2) is 7.13. The largest absolute Gasteiger partial charge is 0.354 e. The second-order valence-electron chi connectivity index (χ2n) is 5.91. The topological polar surface area (TPSA) is 51.1 Å². The molecule has 1 aromatic heterocycles. The van der Waals surface area contributed by atoms with Crippen molar-refractivity contribution in [2.75, 3.05) is 6.54 Å². The SMILES string of the molecule is Cc1ccc2c(c1)c(=O)ccn2CC(=O)NCCc1ccccc1. The van der Waals surface area contributed by atoms with E-state index >= 15 is 0 Å². The summed E-state index contributed by atoms with van der Waals surface area (Å²) in [6.45, 7) is 2.75. The molecule has 1 heterocycles. The molecule has 0 atom stereocenters. The third-order valence-electron chi connectivity index (χ3n) is 4.03. The number of amides is 1. The van der Waals surface area contributed by atoms with Gasteiger partial charge in [-0.15, -0.1) is 0 Å². The van der Waals surface area contributed by atoms with E-state index in [1.165, 1.54) is 11.6 Å². The predicted octanol–water partition coefficient (Wildman–Crippen LogP) is 2.67. The van der Waals surface area contributed by atoms with Crippen LogP contribution in [-0.4, -0.2) is 17.0 Å². The fourth-order valence-corrected chi connectivity index (χ4v) is 2.76.